The second-order valence-corrected chi connectivity index (χ2v) is 8.66. The van der Waals surface area contributed by atoms with Crippen molar-refractivity contribution in [3.05, 3.63) is 35.4 Å². The maximum atomic E-state index is 11.7. The molecule has 1 aromatic carbocycles. The summed E-state index contributed by atoms with van der Waals surface area (Å²) in [7, 11) is -1.69. The topological polar surface area (TPSA) is 112 Å². The van der Waals surface area contributed by atoms with Crippen molar-refractivity contribution in [1.29, 1.82) is 0 Å². The molecule has 8 nitrogen and oxygen atoms in total. The Bertz CT molecular complexity index is 766. The van der Waals surface area contributed by atoms with E-state index in [4.69, 9.17) is 0 Å². The van der Waals surface area contributed by atoms with Gasteiger partial charge in [-0.1, -0.05) is 12.1 Å². The van der Waals surface area contributed by atoms with Crippen molar-refractivity contribution >= 4 is 45.9 Å². The van der Waals surface area contributed by atoms with E-state index in [9.17, 15) is 13.2 Å². The van der Waals surface area contributed by atoms with E-state index in [1.165, 1.54) is 0 Å². The molecule has 0 saturated heterocycles. The van der Waals surface area contributed by atoms with Gasteiger partial charge in [-0.25, -0.2) is 13.1 Å². The lowest BCUT2D eigenvalue weighted by atomic mass is 10.1. The van der Waals surface area contributed by atoms with E-state index in [1.54, 1.807) is 27.0 Å². The first-order chi connectivity index (χ1) is 12.6. The number of nitrogens with zero attached hydrogens (tertiary/aromatic N) is 1. The molecule has 10 heteroatoms. The third-order valence-electron chi connectivity index (χ3n) is 3.56. The molecule has 0 aromatic heterocycles. The number of amides is 1. The molecule has 0 heterocycles. The van der Waals surface area contributed by atoms with Crippen molar-refractivity contribution in [1.82, 2.24) is 20.7 Å². The number of hydrogen-bond acceptors (Lipinski definition) is 4. The van der Waals surface area contributed by atoms with Crippen molar-refractivity contribution in [2.75, 3.05) is 32.9 Å². The second kappa shape index (κ2) is 12.2. The van der Waals surface area contributed by atoms with Gasteiger partial charge in [-0.15, -0.1) is 24.0 Å². The zero-order valence-corrected chi connectivity index (χ0v) is 20.3. The van der Waals surface area contributed by atoms with E-state index in [2.05, 4.69) is 25.7 Å². The average molecular weight is 525 g/mol. The summed E-state index contributed by atoms with van der Waals surface area (Å²) >= 11 is 0. The summed E-state index contributed by atoms with van der Waals surface area (Å²) in [6, 6.07) is 7.47. The van der Waals surface area contributed by atoms with Crippen molar-refractivity contribution in [3.8, 4) is 0 Å². The van der Waals surface area contributed by atoms with Gasteiger partial charge in [0.05, 0.1) is 12.8 Å². The largest absolute Gasteiger partial charge is 0.357 e. The maximum absolute atomic E-state index is 11.7. The summed E-state index contributed by atoms with van der Waals surface area (Å²) in [5.74, 6) is 0.503. The number of nitrogens with one attached hydrogen (secondary N) is 4. The highest BCUT2D eigenvalue weighted by molar-refractivity contribution is 14.0. The highest BCUT2D eigenvalue weighted by Gasteiger charge is 2.21. The summed E-state index contributed by atoms with van der Waals surface area (Å²) in [6.07, 6.45) is 1.86. The van der Waals surface area contributed by atoms with Crippen molar-refractivity contribution < 1.29 is 13.2 Å². The van der Waals surface area contributed by atoms with Crippen LogP contribution < -0.4 is 20.7 Å². The standard InChI is InChI=1S/C18H31N5O3S.HI/c1-6-20-17(22-13-18(2,3)23-27(5,25)26)21-11-10-14-8-7-9-15(12-14)16(24)19-4;/h7-9,12,23H,6,10-11,13H2,1-5H3,(H,19,24)(H2,20,21,22);1H. The van der Waals surface area contributed by atoms with Crippen LogP contribution in [0.5, 0.6) is 0 Å². The summed E-state index contributed by atoms with van der Waals surface area (Å²) in [5, 5.41) is 8.98. The fourth-order valence-electron chi connectivity index (χ4n) is 2.49. The van der Waals surface area contributed by atoms with E-state index in [0.717, 1.165) is 18.2 Å². The Morgan fingerprint density at radius 3 is 2.46 bits per heavy atom. The Balaban J connectivity index is 0.00000729. The first-order valence-corrected chi connectivity index (χ1v) is 10.8. The number of benzene rings is 1. The molecule has 1 amide bonds. The summed E-state index contributed by atoms with van der Waals surface area (Å²) in [6.45, 7) is 7.14. The van der Waals surface area contributed by atoms with Crippen LogP contribution in [0.25, 0.3) is 0 Å². The molecule has 0 aliphatic rings. The van der Waals surface area contributed by atoms with E-state index in [-0.39, 0.29) is 29.9 Å². The Hall–Kier alpha value is -1.40. The van der Waals surface area contributed by atoms with Crippen LogP contribution in [0, 0.1) is 0 Å². The average Bonchev–Trinajstić information content (AvgIpc) is 2.57. The molecule has 160 valence electrons. The lowest BCUT2D eigenvalue weighted by Gasteiger charge is -2.23. The van der Waals surface area contributed by atoms with Crippen molar-refractivity contribution in [2.24, 2.45) is 4.99 Å². The number of guanidine groups is 1. The smallest absolute Gasteiger partial charge is 0.251 e. The zero-order chi connectivity index (χ0) is 20.5. The fourth-order valence-corrected chi connectivity index (χ4v) is 3.56. The zero-order valence-electron chi connectivity index (χ0n) is 17.1. The predicted octanol–water partition coefficient (Wildman–Crippen LogP) is 1.09. The fraction of sp³-hybridized carbons (Fsp3) is 0.556. The first-order valence-electron chi connectivity index (χ1n) is 8.88. The SMILES string of the molecule is CCNC(=NCC(C)(C)NS(C)(=O)=O)NCCc1cccc(C(=O)NC)c1.I. The van der Waals surface area contributed by atoms with Crippen LogP contribution in [-0.2, 0) is 16.4 Å². The molecule has 1 rings (SSSR count). The first kappa shape index (κ1) is 26.6. The highest BCUT2D eigenvalue weighted by atomic mass is 127. The van der Waals surface area contributed by atoms with Gasteiger partial charge in [0.15, 0.2) is 5.96 Å². The predicted molar refractivity (Wildman–Crippen MR) is 125 cm³/mol. The molecule has 0 aliphatic carbocycles. The number of rotatable bonds is 9. The molecule has 0 saturated carbocycles. The lowest BCUT2D eigenvalue weighted by Crippen LogP contribution is -2.47. The number of hydrogen-bond donors (Lipinski definition) is 4. The number of carbonyl (C=O) groups excluding carboxylic acids is 1. The van der Waals surface area contributed by atoms with Gasteiger partial charge >= 0.3 is 0 Å². The van der Waals surface area contributed by atoms with E-state index in [0.29, 0.717) is 31.2 Å². The normalized spacial score (nSPS) is 12.1. The van der Waals surface area contributed by atoms with Crippen molar-refractivity contribution in [3.63, 3.8) is 0 Å². The van der Waals surface area contributed by atoms with Crippen molar-refractivity contribution in [2.45, 2.75) is 32.7 Å². The molecule has 0 spiro atoms. The van der Waals surface area contributed by atoms with Crippen LogP contribution in [0.2, 0.25) is 0 Å². The van der Waals surface area contributed by atoms with Gasteiger partial charge in [0.25, 0.3) is 5.91 Å². The van der Waals surface area contributed by atoms with Gasteiger partial charge in [0, 0.05) is 31.2 Å². The molecule has 1 aromatic rings. The van der Waals surface area contributed by atoms with Gasteiger partial charge in [-0.05, 0) is 44.9 Å². The Labute approximate surface area is 185 Å². The number of carbonyl (C=O) groups is 1. The molecule has 0 unspecified atom stereocenters. The summed E-state index contributed by atoms with van der Waals surface area (Å²) in [5.41, 5.74) is 0.986. The molecular formula is C18H32IN5O3S. The Morgan fingerprint density at radius 1 is 1.21 bits per heavy atom. The maximum Gasteiger partial charge on any atom is 0.251 e. The van der Waals surface area contributed by atoms with Crippen LogP contribution in [-0.4, -0.2) is 58.8 Å². The molecule has 0 bridgehead atoms. The van der Waals surface area contributed by atoms with Crippen LogP contribution in [0.15, 0.2) is 29.3 Å². The molecule has 0 atom stereocenters. The van der Waals surface area contributed by atoms with Crippen LogP contribution in [0.1, 0.15) is 36.7 Å². The van der Waals surface area contributed by atoms with Gasteiger partial charge in [-0.3, -0.25) is 9.79 Å². The van der Waals surface area contributed by atoms with Gasteiger partial charge < -0.3 is 16.0 Å². The van der Waals surface area contributed by atoms with Gasteiger partial charge in [0.2, 0.25) is 10.0 Å². The number of halogens is 1. The molecular weight excluding hydrogens is 493 g/mol. The molecule has 4 N–H and O–H groups in total. The molecule has 0 aliphatic heterocycles. The lowest BCUT2D eigenvalue weighted by molar-refractivity contribution is 0.0963. The molecule has 28 heavy (non-hydrogen) atoms. The summed E-state index contributed by atoms with van der Waals surface area (Å²) < 4.78 is 25.4. The van der Waals surface area contributed by atoms with E-state index < -0.39 is 15.6 Å². The Kier molecular flexibility index (Phi) is 11.6. The minimum Gasteiger partial charge on any atom is -0.357 e. The van der Waals surface area contributed by atoms with E-state index >= 15 is 0 Å². The van der Waals surface area contributed by atoms with Gasteiger partial charge in [-0.2, -0.15) is 0 Å². The monoisotopic (exact) mass is 525 g/mol. The number of sulfonamides is 1. The minimum absolute atomic E-state index is 0. The van der Waals surface area contributed by atoms with Crippen LogP contribution in [0.3, 0.4) is 0 Å². The third kappa shape index (κ3) is 10.8. The molecule has 0 radical (unpaired) electrons. The minimum atomic E-state index is -3.30. The van der Waals surface area contributed by atoms with Crippen LogP contribution in [0.4, 0.5) is 0 Å². The quantitative estimate of drug-likeness (QED) is 0.219. The third-order valence-corrected chi connectivity index (χ3v) is 4.48. The van der Waals surface area contributed by atoms with E-state index in [1.807, 2.05) is 25.1 Å². The summed E-state index contributed by atoms with van der Waals surface area (Å²) in [4.78, 5) is 16.2. The van der Waals surface area contributed by atoms with Crippen LogP contribution >= 0.6 is 24.0 Å². The number of aliphatic imine (C=N–C) groups is 1. The molecule has 0 fully saturated rings. The second-order valence-electron chi connectivity index (χ2n) is 6.91. The van der Waals surface area contributed by atoms with Gasteiger partial charge in [0.1, 0.15) is 0 Å². The highest BCUT2D eigenvalue weighted by Crippen LogP contribution is 2.06. The Morgan fingerprint density at radius 2 is 1.89 bits per heavy atom.